The van der Waals surface area contributed by atoms with Crippen molar-refractivity contribution in [1.82, 2.24) is 9.66 Å². The molecule has 0 atom stereocenters. The van der Waals surface area contributed by atoms with Gasteiger partial charge in [-0.05, 0) is 35.9 Å². The van der Waals surface area contributed by atoms with E-state index in [-0.39, 0.29) is 5.56 Å². The summed E-state index contributed by atoms with van der Waals surface area (Å²) in [5.74, 6) is 1.23. The second kappa shape index (κ2) is 6.44. The molecule has 1 heterocycles. The van der Waals surface area contributed by atoms with E-state index in [0.717, 1.165) is 16.3 Å². The summed E-state index contributed by atoms with van der Waals surface area (Å²) in [6.07, 6.45) is 1.66. The lowest BCUT2D eigenvalue weighted by atomic mass is 10.0. The molecule has 0 aliphatic carbocycles. The molecule has 26 heavy (non-hydrogen) atoms. The summed E-state index contributed by atoms with van der Waals surface area (Å²) in [5, 5.41) is 7.05. The zero-order valence-corrected chi connectivity index (χ0v) is 14.5. The topological polar surface area (TPSA) is 56.5 Å². The van der Waals surface area contributed by atoms with E-state index in [1.165, 1.54) is 4.68 Å². The van der Waals surface area contributed by atoms with Crippen LogP contribution in [0.5, 0.6) is 5.75 Å². The highest BCUT2D eigenvalue weighted by atomic mass is 16.5. The predicted octanol–water partition coefficient (Wildman–Crippen LogP) is 3.75. The molecular formula is C21H17N3O2. The maximum atomic E-state index is 12.8. The molecule has 0 spiro atoms. The van der Waals surface area contributed by atoms with Gasteiger partial charge in [0.2, 0.25) is 0 Å². The molecular weight excluding hydrogens is 326 g/mol. The van der Waals surface area contributed by atoms with Crippen LogP contribution in [0.4, 0.5) is 0 Å². The second-order valence-corrected chi connectivity index (χ2v) is 5.94. The first-order chi connectivity index (χ1) is 12.7. The van der Waals surface area contributed by atoms with Gasteiger partial charge < -0.3 is 4.74 Å². The van der Waals surface area contributed by atoms with Crippen LogP contribution in [0.15, 0.2) is 70.6 Å². The van der Waals surface area contributed by atoms with Gasteiger partial charge in [0.25, 0.3) is 5.56 Å². The van der Waals surface area contributed by atoms with Crippen molar-refractivity contribution in [3.05, 3.63) is 82.4 Å². The van der Waals surface area contributed by atoms with Gasteiger partial charge in [-0.3, -0.25) is 4.79 Å². The SMILES string of the molecule is COc1ccc2ccccc2c1C=Nn1c(C)nc2ccccc2c1=O. The fourth-order valence-electron chi connectivity index (χ4n) is 3.07. The van der Waals surface area contributed by atoms with Gasteiger partial charge >= 0.3 is 0 Å². The number of fused-ring (bicyclic) bond motifs is 2. The van der Waals surface area contributed by atoms with Gasteiger partial charge in [-0.2, -0.15) is 9.78 Å². The monoisotopic (exact) mass is 343 g/mol. The summed E-state index contributed by atoms with van der Waals surface area (Å²) >= 11 is 0. The average molecular weight is 343 g/mol. The second-order valence-electron chi connectivity index (χ2n) is 5.94. The van der Waals surface area contributed by atoms with E-state index < -0.39 is 0 Å². The van der Waals surface area contributed by atoms with Gasteiger partial charge in [-0.25, -0.2) is 4.98 Å². The molecule has 0 amide bonds. The third kappa shape index (κ3) is 2.63. The predicted molar refractivity (Wildman–Crippen MR) is 104 cm³/mol. The lowest BCUT2D eigenvalue weighted by Gasteiger charge is -2.09. The highest BCUT2D eigenvalue weighted by Gasteiger charge is 2.09. The molecule has 3 aromatic carbocycles. The van der Waals surface area contributed by atoms with Gasteiger partial charge in [-0.1, -0.05) is 42.5 Å². The Hall–Kier alpha value is -3.47. The van der Waals surface area contributed by atoms with Crippen LogP contribution in [0.1, 0.15) is 11.4 Å². The minimum atomic E-state index is -0.191. The number of nitrogens with zero attached hydrogens (tertiary/aromatic N) is 3. The van der Waals surface area contributed by atoms with Crippen LogP contribution in [0.2, 0.25) is 0 Å². The van der Waals surface area contributed by atoms with E-state index in [2.05, 4.69) is 10.1 Å². The number of aromatic nitrogens is 2. The summed E-state index contributed by atoms with van der Waals surface area (Å²) < 4.78 is 6.80. The quantitative estimate of drug-likeness (QED) is 0.532. The number of hydrogen-bond acceptors (Lipinski definition) is 4. The highest BCUT2D eigenvalue weighted by Crippen LogP contribution is 2.26. The molecule has 5 nitrogen and oxygen atoms in total. The van der Waals surface area contributed by atoms with Crippen molar-refractivity contribution in [2.75, 3.05) is 7.11 Å². The number of aryl methyl sites for hydroxylation is 1. The van der Waals surface area contributed by atoms with Crippen molar-refractivity contribution < 1.29 is 4.74 Å². The first kappa shape index (κ1) is 16.0. The van der Waals surface area contributed by atoms with E-state index in [0.29, 0.717) is 22.5 Å². The summed E-state index contributed by atoms with van der Waals surface area (Å²) in [7, 11) is 1.62. The molecule has 0 saturated heterocycles. The lowest BCUT2D eigenvalue weighted by molar-refractivity contribution is 0.415. The molecule has 0 bridgehead atoms. The Bertz CT molecular complexity index is 1210. The molecule has 0 N–H and O–H groups in total. The van der Waals surface area contributed by atoms with Crippen LogP contribution in [0.3, 0.4) is 0 Å². The minimum absolute atomic E-state index is 0.191. The Morgan fingerprint density at radius 2 is 1.73 bits per heavy atom. The van der Waals surface area contributed by atoms with E-state index in [9.17, 15) is 4.79 Å². The van der Waals surface area contributed by atoms with Crippen LogP contribution in [0.25, 0.3) is 21.7 Å². The third-order valence-electron chi connectivity index (χ3n) is 4.37. The minimum Gasteiger partial charge on any atom is -0.496 e. The normalized spacial score (nSPS) is 11.5. The first-order valence-corrected chi connectivity index (χ1v) is 8.27. The molecule has 1 aromatic heterocycles. The maximum absolute atomic E-state index is 12.8. The largest absolute Gasteiger partial charge is 0.496 e. The molecule has 0 fully saturated rings. The molecule has 4 rings (SSSR count). The molecule has 0 aliphatic rings. The number of rotatable bonds is 3. The highest BCUT2D eigenvalue weighted by molar-refractivity contribution is 6.02. The molecule has 0 unspecified atom stereocenters. The van der Waals surface area contributed by atoms with Gasteiger partial charge in [0.15, 0.2) is 0 Å². The zero-order chi connectivity index (χ0) is 18.1. The Morgan fingerprint density at radius 1 is 1.00 bits per heavy atom. The summed E-state index contributed by atoms with van der Waals surface area (Å²) in [6.45, 7) is 1.77. The molecule has 128 valence electrons. The fourth-order valence-corrected chi connectivity index (χ4v) is 3.07. The lowest BCUT2D eigenvalue weighted by Crippen LogP contribution is -2.20. The Labute approximate surface area is 150 Å². The van der Waals surface area contributed by atoms with Gasteiger partial charge in [0, 0.05) is 5.56 Å². The molecule has 5 heteroatoms. The van der Waals surface area contributed by atoms with Crippen molar-refractivity contribution in [2.24, 2.45) is 5.10 Å². The van der Waals surface area contributed by atoms with Crippen molar-refractivity contribution in [3.63, 3.8) is 0 Å². The van der Waals surface area contributed by atoms with Crippen molar-refractivity contribution in [2.45, 2.75) is 6.92 Å². The van der Waals surface area contributed by atoms with Crippen LogP contribution in [-0.2, 0) is 0 Å². The summed E-state index contributed by atoms with van der Waals surface area (Å²) in [4.78, 5) is 17.2. The standard InChI is InChI=1S/C21H17N3O2/c1-14-23-19-10-6-5-9-17(19)21(25)24(14)22-13-18-16-8-4-3-7-15(16)11-12-20(18)26-2/h3-13H,1-2H3. The summed E-state index contributed by atoms with van der Waals surface area (Å²) in [5.41, 5.74) is 1.30. The van der Waals surface area contributed by atoms with Crippen LogP contribution < -0.4 is 10.3 Å². The van der Waals surface area contributed by atoms with Crippen molar-refractivity contribution >= 4 is 27.9 Å². The zero-order valence-electron chi connectivity index (χ0n) is 14.5. The number of methoxy groups -OCH3 is 1. The fraction of sp³-hybridized carbons (Fsp3) is 0.0952. The molecule has 4 aromatic rings. The van der Waals surface area contributed by atoms with E-state index >= 15 is 0 Å². The Morgan fingerprint density at radius 3 is 2.54 bits per heavy atom. The van der Waals surface area contributed by atoms with Crippen LogP contribution in [0, 0.1) is 6.92 Å². The average Bonchev–Trinajstić information content (AvgIpc) is 2.67. The van der Waals surface area contributed by atoms with E-state index in [1.54, 1.807) is 26.3 Å². The van der Waals surface area contributed by atoms with E-state index in [4.69, 9.17) is 4.74 Å². The number of ether oxygens (including phenoxy) is 1. The molecule has 0 radical (unpaired) electrons. The van der Waals surface area contributed by atoms with Crippen LogP contribution in [-0.4, -0.2) is 23.0 Å². The molecule has 0 saturated carbocycles. The number of para-hydroxylation sites is 1. The van der Waals surface area contributed by atoms with Gasteiger partial charge in [0.05, 0.1) is 24.2 Å². The smallest absolute Gasteiger partial charge is 0.282 e. The third-order valence-corrected chi connectivity index (χ3v) is 4.37. The maximum Gasteiger partial charge on any atom is 0.282 e. The van der Waals surface area contributed by atoms with E-state index in [1.807, 2.05) is 54.6 Å². The van der Waals surface area contributed by atoms with Gasteiger partial charge in [0.1, 0.15) is 11.6 Å². The van der Waals surface area contributed by atoms with Crippen molar-refractivity contribution in [1.29, 1.82) is 0 Å². The van der Waals surface area contributed by atoms with Crippen molar-refractivity contribution in [3.8, 4) is 5.75 Å². The first-order valence-electron chi connectivity index (χ1n) is 8.27. The van der Waals surface area contributed by atoms with Gasteiger partial charge in [-0.15, -0.1) is 0 Å². The summed E-state index contributed by atoms with van der Waals surface area (Å²) in [6, 6.07) is 19.2. The Balaban J connectivity index is 1.91. The van der Waals surface area contributed by atoms with Crippen LogP contribution >= 0.6 is 0 Å². The number of benzene rings is 3. The Kier molecular flexibility index (Phi) is 3.97. The molecule has 0 aliphatic heterocycles. The number of hydrogen-bond donors (Lipinski definition) is 0.